The second kappa shape index (κ2) is 4.26. The summed E-state index contributed by atoms with van der Waals surface area (Å²) in [5.74, 6) is 0.621. The monoisotopic (exact) mass is 268 g/mol. The molecule has 1 aromatic rings. The first-order valence-electron chi connectivity index (χ1n) is 5.59. The van der Waals surface area contributed by atoms with Gasteiger partial charge in [0, 0.05) is 4.47 Å². The Morgan fingerprint density at radius 3 is 2.80 bits per heavy atom. The summed E-state index contributed by atoms with van der Waals surface area (Å²) in [6.07, 6.45) is 4.14. The molecule has 2 heteroatoms. The highest BCUT2D eigenvalue weighted by Crippen LogP contribution is 2.42. The van der Waals surface area contributed by atoms with Crippen LogP contribution in [0.4, 0.5) is 0 Å². The minimum absolute atomic E-state index is 0.613. The molecule has 2 atom stereocenters. The Labute approximate surface area is 99.6 Å². The van der Waals surface area contributed by atoms with Crippen molar-refractivity contribution in [3.8, 4) is 0 Å². The molecule has 1 nitrogen and oxygen atoms in total. The van der Waals surface area contributed by atoms with Gasteiger partial charge in [0.15, 0.2) is 0 Å². The van der Waals surface area contributed by atoms with Gasteiger partial charge in [-0.25, -0.2) is 0 Å². The zero-order chi connectivity index (χ0) is 10.9. The number of benzene rings is 1. The van der Waals surface area contributed by atoms with Crippen molar-refractivity contribution >= 4 is 15.9 Å². The number of hydrogen-bond acceptors (Lipinski definition) is 1. The van der Waals surface area contributed by atoms with Crippen LogP contribution in [0.15, 0.2) is 28.7 Å². The third-order valence-electron chi connectivity index (χ3n) is 3.35. The lowest BCUT2D eigenvalue weighted by Gasteiger charge is -2.36. The Bertz CT molecular complexity index is 350. The first-order chi connectivity index (χ1) is 7.12. The molecular weight excluding hydrogens is 252 g/mol. The van der Waals surface area contributed by atoms with E-state index in [0.717, 1.165) is 29.3 Å². The second-order valence-corrected chi connectivity index (χ2v) is 5.57. The lowest BCUT2D eigenvalue weighted by atomic mass is 9.75. The van der Waals surface area contributed by atoms with Crippen molar-refractivity contribution in [2.75, 3.05) is 0 Å². The van der Waals surface area contributed by atoms with Crippen molar-refractivity contribution in [2.45, 2.75) is 38.2 Å². The molecule has 0 heterocycles. The van der Waals surface area contributed by atoms with Crippen LogP contribution in [-0.4, -0.2) is 5.11 Å². The molecule has 2 rings (SSSR count). The highest BCUT2D eigenvalue weighted by atomic mass is 79.9. The number of hydrogen-bond donors (Lipinski definition) is 1. The largest absolute Gasteiger partial charge is 0.385 e. The van der Waals surface area contributed by atoms with E-state index in [1.807, 2.05) is 24.3 Å². The minimum Gasteiger partial charge on any atom is -0.385 e. The van der Waals surface area contributed by atoms with Crippen LogP contribution in [0, 0.1) is 5.92 Å². The number of aliphatic hydroxyl groups is 1. The Morgan fingerprint density at radius 2 is 2.13 bits per heavy atom. The van der Waals surface area contributed by atoms with Crippen LogP contribution in [0.2, 0.25) is 0 Å². The van der Waals surface area contributed by atoms with Crippen LogP contribution >= 0.6 is 15.9 Å². The van der Waals surface area contributed by atoms with Crippen molar-refractivity contribution in [1.82, 2.24) is 0 Å². The second-order valence-electron chi connectivity index (χ2n) is 4.71. The highest BCUT2D eigenvalue weighted by Gasteiger charge is 2.35. The Kier molecular flexibility index (Phi) is 3.17. The normalized spacial score (nSPS) is 31.5. The van der Waals surface area contributed by atoms with E-state index in [0.29, 0.717) is 5.92 Å². The van der Waals surface area contributed by atoms with Crippen LogP contribution in [0.1, 0.15) is 38.2 Å². The van der Waals surface area contributed by atoms with Gasteiger partial charge in [-0.1, -0.05) is 47.5 Å². The van der Waals surface area contributed by atoms with Crippen molar-refractivity contribution in [3.05, 3.63) is 34.3 Å². The summed E-state index contributed by atoms with van der Waals surface area (Å²) in [5, 5.41) is 10.7. The minimum atomic E-state index is -0.613. The fourth-order valence-corrected chi connectivity index (χ4v) is 3.26. The quantitative estimate of drug-likeness (QED) is 0.821. The highest BCUT2D eigenvalue weighted by molar-refractivity contribution is 9.10. The number of rotatable bonds is 1. The molecule has 0 bridgehead atoms. The van der Waals surface area contributed by atoms with E-state index in [9.17, 15) is 5.11 Å². The van der Waals surface area contributed by atoms with Gasteiger partial charge in [-0.2, -0.15) is 0 Å². The van der Waals surface area contributed by atoms with Gasteiger partial charge in [-0.05, 0) is 36.8 Å². The van der Waals surface area contributed by atoms with Gasteiger partial charge in [0.1, 0.15) is 0 Å². The topological polar surface area (TPSA) is 20.2 Å². The fraction of sp³-hybridized carbons (Fsp3) is 0.538. The molecule has 1 N–H and O–H groups in total. The van der Waals surface area contributed by atoms with E-state index in [4.69, 9.17) is 0 Å². The first kappa shape index (κ1) is 11.2. The van der Waals surface area contributed by atoms with Crippen LogP contribution in [-0.2, 0) is 5.60 Å². The van der Waals surface area contributed by atoms with Crippen LogP contribution < -0.4 is 0 Å². The molecule has 0 unspecified atom stereocenters. The number of halogens is 1. The van der Waals surface area contributed by atoms with E-state index < -0.39 is 5.60 Å². The molecule has 0 saturated heterocycles. The summed E-state index contributed by atoms with van der Waals surface area (Å²) in [4.78, 5) is 0. The van der Waals surface area contributed by atoms with Crippen LogP contribution in [0.25, 0.3) is 0 Å². The van der Waals surface area contributed by atoms with Crippen molar-refractivity contribution < 1.29 is 5.11 Å². The third-order valence-corrected chi connectivity index (χ3v) is 4.04. The third kappa shape index (κ3) is 2.26. The summed E-state index contributed by atoms with van der Waals surface area (Å²) in [6, 6.07) is 8.02. The van der Waals surface area contributed by atoms with Gasteiger partial charge >= 0.3 is 0 Å². The van der Waals surface area contributed by atoms with Crippen LogP contribution in [0.3, 0.4) is 0 Å². The van der Waals surface area contributed by atoms with E-state index in [2.05, 4.69) is 22.9 Å². The lowest BCUT2D eigenvalue weighted by molar-refractivity contribution is -0.0184. The van der Waals surface area contributed by atoms with Gasteiger partial charge < -0.3 is 5.11 Å². The summed E-state index contributed by atoms with van der Waals surface area (Å²) >= 11 is 3.53. The first-order valence-corrected chi connectivity index (χ1v) is 6.38. The van der Waals surface area contributed by atoms with Gasteiger partial charge in [-0.15, -0.1) is 0 Å². The average Bonchev–Trinajstić information content (AvgIpc) is 2.17. The molecule has 0 spiro atoms. The van der Waals surface area contributed by atoms with Gasteiger partial charge in [0.05, 0.1) is 5.60 Å². The predicted octanol–water partition coefficient (Wildman–Crippen LogP) is 3.85. The molecule has 1 aliphatic rings. The molecule has 0 aliphatic heterocycles. The van der Waals surface area contributed by atoms with Gasteiger partial charge in [-0.3, -0.25) is 0 Å². The fourth-order valence-electron chi connectivity index (χ4n) is 2.61. The molecule has 0 amide bonds. The molecular formula is C13H17BrO. The van der Waals surface area contributed by atoms with E-state index in [1.54, 1.807) is 0 Å². The molecule has 1 saturated carbocycles. The summed E-state index contributed by atoms with van der Waals surface area (Å²) < 4.78 is 1.03. The summed E-state index contributed by atoms with van der Waals surface area (Å²) in [6.45, 7) is 2.22. The molecule has 0 radical (unpaired) electrons. The van der Waals surface area contributed by atoms with E-state index in [1.165, 1.54) is 6.42 Å². The van der Waals surface area contributed by atoms with Crippen molar-refractivity contribution in [3.63, 3.8) is 0 Å². The Balaban J connectivity index is 2.32. The maximum atomic E-state index is 10.7. The van der Waals surface area contributed by atoms with Crippen molar-refractivity contribution in [2.24, 2.45) is 5.92 Å². The predicted molar refractivity (Wildman–Crippen MR) is 65.7 cm³/mol. The lowest BCUT2D eigenvalue weighted by Crippen LogP contribution is -2.32. The molecule has 1 fully saturated rings. The average molecular weight is 269 g/mol. The summed E-state index contributed by atoms with van der Waals surface area (Å²) in [5.41, 5.74) is 0.439. The molecule has 82 valence electrons. The SMILES string of the molecule is C[C@H]1CCC[C@](O)(c2ccccc2Br)C1. The van der Waals surface area contributed by atoms with Crippen molar-refractivity contribution in [1.29, 1.82) is 0 Å². The van der Waals surface area contributed by atoms with Crippen LogP contribution in [0.5, 0.6) is 0 Å². The zero-order valence-corrected chi connectivity index (χ0v) is 10.6. The van der Waals surface area contributed by atoms with E-state index >= 15 is 0 Å². The molecule has 0 aromatic heterocycles. The van der Waals surface area contributed by atoms with Gasteiger partial charge in [0.2, 0.25) is 0 Å². The molecule has 15 heavy (non-hydrogen) atoms. The summed E-state index contributed by atoms with van der Waals surface area (Å²) in [7, 11) is 0. The Morgan fingerprint density at radius 1 is 1.40 bits per heavy atom. The smallest absolute Gasteiger partial charge is 0.0910 e. The zero-order valence-electron chi connectivity index (χ0n) is 9.04. The molecule has 1 aromatic carbocycles. The standard InChI is InChI=1S/C13H17BrO/c1-10-5-4-8-13(15,9-10)11-6-2-3-7-12(11)14/h2-3,6-7,10,15H,4-5,8-9H2,1H3/t10-,13+/m0/s1. The maximum absolute atomic E-state index is 10.7. The Hall–Kier alpha value is -0.340. The van der Waals surface area contributed by atoms with Gasteiger partial charge in [0.25, 0.3) is 0 Å². The van der Waals surface area contributed by atoms with E-state index in [-0.39, 0.29) is 0 Å². The maximum Gasteiger partial charge on any atom is 0.0910 e. The molecule has 1 aliphatic carbocycles.